The van der Waals surface area contributed by atoms with Crippen molar-refractivity contribution in [2.45, 2.75) is 38.6 Å². The van der Waals surface area contributed by atoms with Crippen LogP contribution in [-0.2, 0) is 24.8 Å². The van der Waals surface area contributed by atoms with E-state index in [1.165, 1.54) is 0 Å². The maximum absolute atomic E-state index is 12.7. The van der Waals surface area contributed by atoms with E-state index in [9.17, 15) is 4.79 Å². The zero-order chi connectivity index (χ0) is 16.7. The van der Waals surface area contributed by atoms with Gasteiger partial charge in [-0.3, -0.25) is 9.48 Å². The molecule has 2 aliphatic heterocycles. The minimum atomic E-state index is -0.0417. The summed E-state index contributed by atoms with van der Waals surface area (Å²) < 4.78 is 13.1. The summed E-state index contributed by atoms with van der Waals surface area (Å²) in [5.74, 6) is 2.04. The van der Waals surface area contributed by atoms with Gasteiger partial charge in [0.15, 0.2) is 11.6 Å². The van der Waals surface area contributed by atoms with Crippen molar-refractivity contribution in [1.82, 2.24) is 19.7 Å². The van der Waals surface area contributed by atoms with E-state index in [0.29, 0.717) is 31.1 Å². The third-order valence-electron chi connectivity index (χ3n) is 4.93. The maximum Gasteiger partial charge on any atom is 0.274 e. The topological polar surface area (TPSA) is 73.4 Å². The predicted octanol–water partition coefficient (Wildman–Crippen LogP) is 1.81. The number of oxazole rings is 1. The van der Waals surface area contributed by atoms with Gasteiger partial charge in [0.2, 0.25) is 0 Å². The molecule has 2 aromatic heterocycles. The molecule has 0 aromatic carbocycles. The highest BCUT2D eigenvalue weighted by molar-refractivity contribution is 5.92. The lowest BCUT2D eigenvalue weighted by Crippen LogP contribution is -2.36. The Morgan fingerprint density at radius 1 is 1.33 bits per heavy atom. The molecule has 24 heavy (non-hydrogen) atoms. The van der Waals surface area contributed by atoms with Crippen LogP contribution in [0.2, 0.25) is 0 Å². The van der Waals surface area contributed by atoms with Crippen LogP contribution in [0.1, 0.15) is 52.3 Å². The van der Waals surface area contributed by atoms with Gasteiger partial charge in [0.1, 0.15) is 11.5 Å². The first-order valence-electron chi connectivity index (χ1n) is 8.48. The fraction of sp³-hybridized carbons (Fsp3) is 0.588. The van der Waals surface area contributed by atoms with E-state index in [4.69, 9.17) is 9.15 Å². The van der Waals surface area contributed by atoms with Crippen molar-refractivity contribution in [2.75, 3.05) is 19.8 Å². The average Bonchev–Trinajstić information content (AvgIpc) is 3.18. The van der Waals surface area contributed by atoms with Gasteiger partial charge in [-0.2, -0.15) is 5.10 Å². The standard InChI is InChI=1S/C17H22N4O3/c1-11-9-13(19-20(11)2)17(22)21-6-3-15-14(10-21)18-16(24-15)12-4-7-23-8-5-12/h9,12H,3-8,10H2,1-2H3. The lowest BCUT2D eigenvalue weighted by Gasteiger charge is -2.24. The first-order valence-corrected chi connectivity index (χ1v) is 8.48. The predicted molar refractivity (Wildman–Crippen MR) is 85.7 cm³/mol. The summed E-state index contributed by atoms with van der Waals surface area (Å²) in [5, 5.41) is 4.29. The average molecular weight is 330 g/mol. The van der Waals surface area contributed by atoms with Gasteiger partial charge in [-0.05, 0) is 25.8 Å². The van der Waals surface area contributed by atoms with Crippen molar-refractivity contribution in [3.8, 4) is 0 Å². The Labute approximate surface area is 140 Å². The number of hydrogen-bond acceptors (Lipinski definition) is 5. The fourth-order valence-electron chi connectivity index (χ4n) is 3.34. The zero-order valence-corrected chi connectivity index (χ0v) is 14.1. The molecule has 0 radical (unpaired) electrons. The smallest absolute Gasteiger partial charge is 0.274 e. The number of amides is 1. The number of aryl methyl sites for hydroxylation is 2. The third kappa shape index (κ3) is 2.73. The Morgan fingerprint density at radius 2 is 2.12 bits per heavy atom. The summed E-state index contributed by atoms with van der Waals surface area (Å²) in [6.45, 7) is 4.61. The Kier molecular flexibility index (Phi) is 3.88. The number of carbonyl (C=O) groups is 1. The van der Waals surface area contributed by atoms with Crippen molar-refractivity contribution >= 4 is 5.91 Å². The highest BCUT2D eigenvalue weighted by Gasteiger charge is 2.29. The molecule has 0 atom stereocenters. The van der Waals surface area contributed by atoms with E-state index in [2.05, 4.69) is 10.1 Å². The van der Waals surface area contributed by atoms with Gasteiger partial charge in [-0.1, -0.05) is 0 Å². The molecular formula is C17H22N4O3. The maximum atomic E-state index is 12.7. The molecule has 0 bridgehead atoms. The highest BCUT2D eigenvalue weighted by atomic mass is 16.5. The summed E-state index contributed by atoms with van der Waals surface area (Å²) in [4.78, 5) is 19.1. The Balaban J connectivity index is 1.51. The molecule has 0 unspecified atom stereocenters. The molecule has 1 amide bonds. The summed E-state index contributed by atoms with van der Waals surface area (Å²) >= 11 is 0. The van der Waals surface area contributed by atoms with Crippen LogP contribution in [0.25, 0.3) is 0 Å². The zero-order valence-electron chi connectivity index (χ0n) is 14.1. The van der Waals surface area contributed by atoms with Gasteiger partial charge in [0.05, 0.1) is 6.54 Å². The largest absolute Gasteiger partial charge is 0.445 e. The second-order valence-corrected chi connectivity index (χ2v) is 6.58. The molecule has 128 valence electrons. The van der Waals surface area contributed by atoms with Gasteiger partial charge in [-0.25, -0.2) is 4.98 Å². The molecule has 4 heterocycles. The molecule has 1 fully saturated rings. The molecule has 2 aromatic rings. The Hall–Kier alpha value is -2.15. The summed E-state index contributed by atoms with van der Waals surface area (Å²) in [5.41, 5.74) is 2.36. The molecule has 4 rings (SSSR count). The number of ether oxygens (including phenoxy) is 1. The van der Waals surface area contributed by atoms with E-state index < -0.39 is 0 Å². The van der Waals surface area contributed by atoms with Crippen molar-refractivity contribution < 1.29 is 13.9 Å². The van der Waals surface area contributed by atoms with Gasteiger partial charge in [0.25, 0.3) is 5.91 Å². The number of hydrogen-bond donors (Lipinski definition) is 0. The number of carbonyl (C=O) groups excluding carboxylic acids is 1. The normalized spacial score (nSPS) is 18.7. The van der Waals surface area contributed by atoms with Gasteiger partial charge < -0.3 is 14.1 Å². The number of rotatable bonds is 2. The quantitative estimate of drug-likeness (QED) is 0.839. The van der Waals surface area contributed by atoms with E-state index in [0.717, 1.165) is 49.1 Å². The molecule has 7 nitrogen and oxygen atoms in total. The van der Waals surface area contributed by atoms with Crippen molar-refractivity contribution in [2.24, 2.45) is 7.05 Å². The van der Waals surface area contributed by atoms with Crippen molar-refractivity contribution in [3.63, 3.8) is 0 Å². The SMILES string of the molecule is Cc1cc(C(=O)N2CCc3oc(C4CCOCC4)nc3C2)nn1C. The van der Waals surface area contributed by atoms with Crippen LogP contribution in [0.15, 0.2) is 10.5 Å². The second kappa shape index (κ2) is 6.05. The minimum absolute atomic E-state index is 0.0417. The molecule has 0 N–H and O–H groups in total. The van der Waals surface area contributed by atoms with E-state index >= 15 is 0 Å². The lowest BCUT2D eigenvalue weighted by atomic mass is 10.0. The summed E-state index contributed by atoms with van der Waals surface area (Å²) in [6, 6.07) is 1.83. The van der Waals surface area contributed by atoms with Crippen LogP contribution in [0.3, 0.4) is 0 Å². The van der Waals surface area contributed by atoms with Crippen LogP contribution in [-0.4, -0.2) is 45.3 Å². The monoisotopic (exact) mass is 330 g/mol. The lowest BCUT2D eigenvalue weighted by molar-refractivity contribution is 0.0719. The van der Waals surface area contributed by atoms with Crippen LogP contribution in [0, 0.1) is 6.92 Å². The van der Waals surface area contributed by atoms with Crippen molar-refractivity contribution in [3.05, 3.63) is 34.8 Å². The Bertz CT molecular complexity index is 738. The third-order valence-corrected chi connectivity index (χ3v) is 4.93. The molecule has 7 heteroatoms. The second-order valence-electron chi connectivity index (χ2n) is 6.58. The van der Waals surface area contributed by atoms with Gasteiger partial charge in [-0.15, -0.1) is 0 Å². The van der Waals surface area contributed by atoms with Gasteiger partial charge in [0, 0.05) is 44.8 Å². The number of fused-ring (bicyclic) bond motifs is 1. The van der Waals surface area contributed by atoms with Crippen LogP contribution >= 0.6 is 0 Å². The Morgan fingerprint density at radius 3 is 2.83 bits per heavy atom. The molecule has 0 spiro atoms. The van der Waals surface area contributed by atoms with Crippen LogP contribution in [0.4, 0.5) is 0 Å². The number of aromatic nitrogens is 3. The van der Waals surface area contributed by atoms with E-state index in [-0.39, 0.29) is 5.91 Å². The summed E-state index contributed by atoms with van der Waals surface area (Å²) in [6.07, 6.45) is 2.62. The van der Waals surface area contributed by atoms with Crippen LogP contribution < -0.4 is 0 Å². The summed E-state index contributed by atoms with van der Waals surface area (Å²) in [7, 11) is 1.85. The first-order chi connectivity index (χ1) is 11.6. The van der Waals surface area contributed by atoms with Gasteiger partial charge >= 0.3 is 0 Å². The minimum Gasteiger partial charge on any atom is -0.445 e. The number of nitrogens with zero attached hydrogens (tertiary/aromatic N) is 4. The molecule has 1 saturated heterocycles. The van der Waals surface area contributed by atoms with Crippen LogP contribution in [0.5, 0.6) is 0 Å². The van der Waals surface area contributed by atoms with Crippen molar-refractivity contribution in [1.29, 1.82) is 0 Å². The van der Waals surface area contributed by atoms with E-state index in [1.54, 1.807) is 9.58 Å². The van der Waals surface area contributed by atoms with E-state index in [1.807, 2.05) is 20.0 Å². The molecular weight excluding hydrogens is 308 g/mol. The molecule has 0 aliphatic carbocycles. The highest BCUT2D eigenvalue weighted by Crippen LogP contribution is 2.30. The molecule has 0 saturated carbocycles. The first kappa shape index (κ1) is 15.4. The fourth-order valence-corrected chi connectivity index (χ4v) is 3.34. The molecule has 2 aliphatic rings.